The van der Waals surface area contributed by atoms with E-state index in [1.807, 2.05) is 0 Å². The summed E-state index contributed by atoms with van der Waals surface area (Å²) in [6, 6.07) is 1.33. The van der Waals surface area contributed by atoms with Gasteiger partial charge < -0.3 is 4.98 Å². The Balaban J connectivity index is 1.96. The summed E-state index contributed by atoms with van der Waals surface area (Å²) in [5, 5.41) is 0. The van der Waals surface area contributed by atoms with Crippen LogP contribution in [0.4, 0.5) is 0 Å². The molecular weight excluding hydrogens is 308 g/mol. The van der Waals surface area contributed by atoms with E-state index < -0.39 is 15.6 Å². The maximum Gasteiger partial charge on any atom is 0.268 e. The summed E-state index contributed by atoms with van der Waals surface area (Å²) in [5.41, 5.74) is -0.856. The lowest BCUT2D eigenvalue weighted by atomic mass is 9.50. The minimum absolute atomic E-state index is 0.225. The van der Waals surface area contributed by atoms with Gasteiger partial charge in [0, 0.05) is 16.2 Å². The Bertz CT molecular complexity index is 620. The van der Waals surface area contributed by atoms with Crippen molar-refractivity contribution in [3.63, 3.8) is 0 Å². The molecular formula is C10H11BrN2O3S. The molecule has 0 spiro atoms. The fourth-order valence-electron chi connectivity index (χ4n) is 2.58. The van der Waals surface area contributed by atoms with Crippen LogP contribution in [0.15, 0.2) is 26.4 Å². The first-order chi connectivity index (χ1) is 7.90. The number of nitrogens with one attached hydrogen (secondary N) is 2. The van der Waals surface area contributed by atoms with Crippen LogP contribution in [0.5, 0.6) is 0 Å². The SMILES string of the molecule is O=c1[nH]cc(Br)cc1S(=O)(=O)NC12CC(C1)C2. The molecule has 0 atom stereocenters. The third kappa shape index (κ3) is 1.76. The first-order valence-electron chi connectivity index (χ1n) is 5.32. The van der Waals surface area contributed by atoms with Crippen molar-refractivity contribution in [2.24, 2.45) is 5.92 Å². The summed E-state index contributed by atoms with van der Waals surface area (Å²) < 4.78 is 27.4. The molecule has 92 valence electrons. The van der Waals surface area contributed by atoms with E-state index in [0.717, 1.165) is 19.3 Å². The highest BCUT2D eigenvalue weighted by Crippen LogP contribution is 2.57. The molecule has 0 amide bonds. The number of aromatic nitrogens is 1. The summed E-state index contributed by atoms with van der Waals surface area (Å²) in [5.74, 6) is 0.679. The monoisotopic (exact) mass is 318 g/mol. The summed E-state index contributed by atoms with van der Waals surface area (Å²) in [4.78, 5) is 13.7. The van der Waals surface area contributed by atoms with Crippen molar-refractivity contribution in [3.8, 4) is 0 Å². The maximum absolute atomic E-state index is 12.1. The molecule has 0 aliphatic heterocycles. The highest BCUT2D eigenvalue weighted by atomic mass is 79.9. The number of halogens is 1. The molecule has 3 aliphatic rings. The van der Waals surface area contributed by atoms with Gasteiger partial charge in [-0.1, -0.05) is 0 Å². The molecule has 1 heterocycles. The van der Waals surface area contributed by atoms with Crippen LogP contribution in [-0.4, -0.2) is 18.9 Å². The summed E-state index contributed by atoms with van der Waals surface area (Å²) in [6.45, 7) is 0. The maximum atomic E-state index is 12.1. The zero-order valence-electron chi connectivity index (χ0n) is 8.86. The standard InChI is InChI=1S/C10H11BrN2O3S/c11-7-1-8(9(14)12-5-7)17(15,16)13-10-2-6(3-10)4-10/h1,5-6,13H,2-4H2,(H,12,14). The van der Waals surface area contributed by atoms with Gasteiger partial charge in [-0.2, -0.15) is 0 Å². The van der Waals surface area contributed by atoms with Gasteiger partial charge in [-0.3, -0.25) is 4.79 Å². The van der Waals surface area contributed by atoms with Crippen LogP contribution in [0.25, 0.3) is 0 Å². The molecule has 3 aliphatic carbocycles. The van der Waals surface area contributed by atoms with E-state index in [1.54, 1.807) is 0 Å². The van der Waals surface area contributed by atoms with Crippen molar-refractivity contribution < 1.29 is 8.42 Å². The molecule has 0 unspecified atom stereocenters. The Morgan fingerprint density at radius 1 is 1.41 bits per heavy atom. The van der Waals surface area contributed by atoms with Crippen molar-refractivity contribution in [2.45, 2.75) is 29.7 Å². The van der Waals surface area contributed by atoms with Crippen LogP contribution in [-0.2, 0) is 10.0 Å². The lowest BCUT2D eigenvalue weighted by Crippen LogP contribution is -2.68. The molecule has 1 aromatic rings. The molecule has 2 bridgehead atoms. The van der Waals surface area contributed by atoms with Gasteiger partial charge in [-0.05, 0) is 47.2 Å². The fourth-order valence-corrected chi connectivity index (χ4v) is 4.59. The van der Waals surface area contributed by atoms with Gasteiger partial charge in [0.1, 0.15) is 4.90 Å². The van der Waals surface area contributed by atoms with Gasteiger partial charge in [-0.25, -0.2) is 13.1 Å². The second-order valence-corrected chi connectivity index (χ2v) is 7.44. The number of pyridine rings is 1. The Labute approximate surface area is 107 Å². The normalized spacial score (nSPS) is 30.5. The van der Waals surface area contributed by atoms with E-state index in [-0.39, 0.29) is 10.4 Å². The second kappa shape index (κ2) is 3.43. The minimum atomic E-state index is -3.72. The van der Waals surface area contributed by atoms with E-state index in [1.165, 1.54) is 12.3 Å². The first-order valence-corrected chi connectivity index (χ1v) is 7.60. The lowest BCUT2D eigenvalue weighted by molar-refractivity contribution is -0.0317. The van der Waals surface area contributed by atoms with Crippen LogP contribution < -0.4 is 10.3 Å². The van der Waals surface area contributed by atoms with Crippen LogP contribution in [0.2, 0.25) is 0 Å². The molecule has 3 saturated carbocycles. The van der Waals surface area contributed by atoms with Gasteiger partial charge in [0.05, 0.1) is 0 Å². The third-order valence-electron chi connectivity index (χ3n) is 3.51. The summed E-state index contributed by atoms with van der Waals surface area (Å²) in [7, 11) is -3.72. The number of H-pyrrole nitrogens is 1. The Morgan fingerprint density at radius 2 is 2.06 bits per heavy atom. The molecule has 0 radical (unpaired) electrons. The zero-order valence-corrected chi connectivity index (χ0v) is 11.3. The Kier molecular flexibility index (Phi) is 2.30. The molecule has 0 aromatic carbocycles. The predicted octanol–water partition coefficient (Wildman–Crippen LogP) is 0.968. The average molecular weight is 319 g/mol. The molecule has 7 heteroatoms. The van der Waals surface area contributed by atoms with Crippen molar-refractivity contribution >= 4 is 26.0 Å². The number of hydrogen-bond acceptors (Lipinski definition) is 3. The van der Waals surface area contributed by atoms with Crippen LogP contribution in [0, 0.1) is 5.92 Å². The minimum Gasteiger partial charge on any atom is -0.327 e. The van der Waals surface area contributed by atoms with E-state index in [4.69, 9.17) is 0 Å². The van der Waals surface area contributed by atoms with Crippen LogP contribution in [0.3, 0.4) is 0 Å². The Morgan fingerprint density at radius 3 is 2.59 bits per heavy atom. The van der Waals surface area contributed by atoms with E-state index in [0.29, 0.717) is 10.4 Å². The van der Waals surface area contributed by atoms with Crippen LogP contribution in [0.1, 0.15) is 19.3 Å². The van der Waals surface area contributed by atoms with Crippen molar-refractivity contribution in [3.05, 3.63) is 27.1 Å². The van der Waals surface area contributed by atoms with Gasteiger partial charge in [-0.15, -0.1) is 0 Å². The van der Waals surface area contributed by atoms with Gasteiger partial charge in [0.25, 0.3) is 5.56 Å². The highest BCUT2D eigenvalue weighted by molar-refractivity contribution is 9.10. The van der Waals surface area contributed by atoms with Gasteiger partial charge in [0.15, 0.2) is 0 Å². The molecule has 3 fully saturated rings. The Hall–Kier alpha value is -0.660. The van der Waals surface area contributed by atoms with Crippen molar-refractivity contribution in [2.75, 3.05) is 0 Å². The second-order valence-electron chi connectivity index (χ2n) is 4.88. The van der Waals surface area contributed by atoms with E-state index in [9.17, 15) is 13.2 Å². The van der Waals surface area contributed by atoms with E-state index in [2.05, 4.69) is 25.6 Å². The van der Waals surface area contributed by atoms with Crippen LogP contribution >= 0.6 is 15.9 Å². The number of aromatic amines is 1. The molecule has 17 heavy (non-hydrogen) atoms. The third-order valence-corrected chi connectivity index (χ3v) is 5.55. The van der Waals surface area contributed by atoms with E-state index >= 15 is 0 Å². The fraction of sp³-hybridized carbons (Fsp3) is 0.500. The summed E-state index contributed by atoms with van der Waals surface area (Å²) in [6.07, 6.45) is 4.12. The van der Waals surface area contributed by atoms with Gasteiger partial charge >= 0.3 is 0 Å². The quantitative estimate of drug-likeness (QED) is 0.871. The number of rotatable bonds is 3. The largest absolute Gasteiger partial charge is 0.327 e. The number of hydrogen-bond donors (Lipinski definition) is 2. The lowest BCUT2D eigenvalue weighted by Gasteiger charge is -2.61. The average Bonchev–Trinajstić information content (AvgIpc) is 2.14. The molecule has 4 rings (SSSR count). The first kappa shape index (κ1) is 11.4. The number of sulfonamides is 1. The summed E-state index contributed by atoms with van der Waals surface area (Å²) >= 11 is 3.15. The predicted molar refractivity (Wildman–Crippen MR) is 65.2 cm³/mol. The van der Waals surface area contributed by atoms with Crippen molar-refractivity contribution in [1.29, 1.82) is 0 Å². The molecule has 0 saturated heterocycles. The smallest absolute Gasteiger partial charge is 0.268 e. The molecule has 1 aromatic heterocycles. The highest BCUT2D eigenvalue weighted by Gasteiger charge is 2.58. The van der Waals surface area contributed by atoms with Gasteiger partial charge in [0.2, 0.25) is 10.0 Å². The molecule has 2 N–H and O–H groups in total. The van der Waals surface area contributed by atoms with Crippen molar-refractivity contribution in [1.82, 2.24) is 9.71 Å². The topological polar surface area (TPSA) is 79.0 Å². The molecule has 5 nitrogen and oxygen atoms in total. The zero-order chi connectivity index (χ0) is 12.3.